The van der Waals surface area contributed by atoms with Gasteiger partial charge in [-0.1, -0.05) is 42.8 Å². The van der Waals surface area contributed by atoms with E-state index in [2.05, 4.69) is 21.9 Å². The van der Waals surface area contributed by atoms with Gasteiger partial charge in [-0.15, -0.1) is 0 Å². The molecule has 3 aromatic carbocycles. The minimum atomic E-state index is -0.202. The monoisotopic (exact) mass is 482 g/mol. The second kappa shape index (κ2) is 9.62. The van der Waals surface area contributed by atoms with Gasteiger partial charge in [-0.05, 0) is 98.3 Å². The fraction of sp³-hybridized carbons (Fsp3) is 0.387. The first-order valence-electron chi connectivity index (χ1n) is 13.3. The Bertz CT molecular complexity index is 1210. The molecule has 1 N–H and O–H groups in total. The van der Waals surface area contributed by atoms with Crippen LogP contribution in [-0.2, 0) is 6.42 Å². The molecule has 1 spiro atoms. The molecule has 3 aliphatic rings. The molecule has 6 rings (SSSR count). The molecule has 1 unspecified atom stereocenters. The fourth-order valence-electron chi connectivity index (χ4n) is 6.03. The Hall–Kier alpha value is -3.31. The highest BCUT2D eigenvalue weighted by atomic mass is 16.5. The van der Waals surface area contributed by atoms with Crippen LogP contribution < -0.4 is 4.74 Å². The van der Waals surface area contributed by atoms with Crippen LogP contribution in [0, 0.1) is 0 Å². The molecule has 1 saturated heterocycles. The lowest BCUT2D eigenvalue weighted by atomic mass is 9.82. The zero-order valence-corrected chi connectivity index (χ0v) is 20.7. The molecule has 1 saturated carbocycles. The highest BCUT2D eigenvalue weighted by Gasteiger charge is 2.56. The standard InChI is InChI=1S/C31H34N2O3/c34-26-11-14-28-25(21-26)22-31(15-16-31)33(30(35)24-7-3-1-4-8-24)29(28)23-9-12-27(13-10-23)36-20-19-32-17-5-2-6-18-32/h1,3-4,7-14,21,29,34H,2,5-6,15-20,22H2. The lowest BCUT2D eigenvalue weighted by Gasteiger charge is -2.44. The predicted octanol–water partition coefficient (Wildman–Crippen LogP) is 5.58. The van der Waals surface area contributed by atoms with E-state index in [1.165, 1.54) is 32.4 Å². The number of carbonyl (C=O) groups is 1. The van der Waals surface area contributed by atoms with Crippen LogP contribution in [0.15, 0.2) is 72.8 Å². The number of carbonyl (C=O) groups excluding carboxylic acids is 1. The maximum absolute atomic E-state index is 13.9. The van der Waals surface area contributed by atoms with Crippen LogP contribution in [0.25, 0.3) is 0 Å². The van der Waals surface area contributed by atoms with E-state index >= 15 is 0 Å². The smallest absolute Gasteiger partial charge is 0.255 e. The van der Waals surface area contributed by atoms with Crippen LogP contribution in [0.3, 0.4) is 0 Å². The van der Waals surface area contributed by atoms with Crippen molar-refractivity contribution in [3.63, 3.8) is 0 Å². The first-order chi connectivity index (χ1) is 17.6. The minimum Gasteiger partial charge on any atom is -0.508 e. The first kappa shape index (κ1) is 23.1. The lowest BCUT2D eigenvalue weighted by Crippen LogP contribution is -2.49. The van der Waals surface area contributed by atoms with Gasteiger partial charge in [0.25, 0.3) is 5.91 Å². The summed E-state index contributed by atoms with van der Waals surface area (Å²) in [5.74, 6) is 1.21. The second-order valence-electron chi connectivity index (χ2n) is 10.5. The Morgan fingerprint density at radius 3 is 2.42 bits per heavy atom. The van der Waals surface area contributed by atoms with Crippen molar-refractivity contribution in [2.75, 3.05) is 26.2 Å². The molecule has 5 nitrogen and oxygen atoms in total. The van der Waals surface area contributed by atoms with E-state index in [1.54, 1.807) is 6.07 Å². The summed E-state index contributed by atoms with van der Waals surface area (Å²) >= 11 is 0. The van der Waals surface area contributed by atoms with E-state index in [9.17, 15) is 9.90 Å². The van der Waals surface area contributed by atoms with Crippen molar-refractivity contribution in [2.24, 2.45) is 0 Å². The Balaban J connectivity index is 1.29. The summed E-state index contributed by atoms with van der Waals surface area (Å²) in [6.07, 6.45) is 6.66. The van der Waals surface area contributed by atoms with E-state index in [-0.39, 0.29) is 23.2 Å². The highest BCUT2D eigenvalue weighted by molar-refractivity contribution is 5.96. The van der Waals surface area contributed by atoms with Crippen LogP contribution >= 0.6 is 0 Å². The molecule has 2 heterocycles. The number of likely N-dealkylation sites (tertiary alicyclic amines) is 1. The third-order valence-electron chi connectivity index (χ3n) is 8.10. The molecule has 0 aromatic heterocycles. The summed E-state index contributed by atoms with van der Waals surface area (Å²) in [7, 11) is 0. The number of hydrogen-bond acceptors (Lipinski definition) is 4. The molecular formula is C31H34N2O3. The van der Waals surface area contributed by atoms with Crippen molar-refractivity contribution < 1.29 is 14.6 Å². The summed E-state index contributed by atoms with van der Waals surface area (Å²) in [4.78, 5) is 18.5. The largest absolute Gasteiger partial charge is 0.508 e. The van der Waals surface area contributed by atoms with Crippen molar-refractivity contribution >= 4 is 5.91 Å². The van der Waals surface area contributed by atoms with Crippen LogP contribution in [0.5, 0.6) is 11.5 Å². The quantitative estimate of drug-likeness (QED) is 0.499. The molecule has 1 aliphatic carbocycles. The SMILES string of the molecule is O=C(c1ccccc1)N1C(c2ccc(OCCN3CCCCC3)cc2)c2ccc(O)cc2CC12CC2. The van der Waals surface area contributed by atoms with Crippen molar-refractivity contribution in [1.29, 1.82) is 0 Å². The van der Waals surface area contributed by atoms with Gasteiger partial charge in [0, 0.05) is 17.6 Å². The number of benzene rings is 3. The third-order valence-corrected chi connectivity index (χ3v) is 8.10. The van der Waals surface area contributed by atoms with Crippen LogP contribution in [0.2, 0.25) is 0 Å². The number of hydrogen-bond donors (Lipinski definition) is 1. The van der Waals surface area contributed by atoms with Gasteiger partial charge in [-0.25, -0.2) is 0 Å². The van der Waals surface area contributed by atoms with Gasteiger partial charge in [-0.2, -0.15) is 0 Å². The Kier molecular flexibility index (Phi) is 6.18. The zero-order chi connectivity index (χ0) is 24.5. The number of ether oxygens (including phenoxy) is 1. The number of aromatic hydroxyl groups is 1. The molecule has 0 bridgehead atoms. The van der Waals surface area contributed by atoms with E-state index < -0.39 is 0 Å². The van der Waals surface area contributed by atoms with E-state index in [4.69, 9.17) is 4.74 Å². The molecular weight excluding hydrogens is 448 g/mol. The van der Waals surface area contributed by atoms with E-state index in [0.717, 1.165) is 48.2 Å². The van der Waals surface area contributed by atoms with Crippen LogP contribution in [0.1, 0.15) is 65.2 Å². The van der Waals surface area contributed by atoms with Gasteiger partial charge < -0.3 is 14.7 Å². The minimum absolute atomic E-state index is 0.0682. The number of nitrogens with zero attached hydrogens (tertiary/aromatic N) is 2. The molecule has 0 radical (unpaired) electrons. The van der Waals surface area contributed by atoms with Gasteiger partial charge in [-0.3, -0.25) is 9.69 Å². The number of fused-ring (bicyclic) bond motifs is 1. The topological polar surface area (TPSA) is 53.0 Å². The van der Waals surface area contributed by atoms with Gasteiger partial charge in [0.2, 0.25) is 0 Å². The normalized spacial score (nSPS) is 20.7. The molecule has 2 fully saturated rings. The molecule has 5 heteroatoms. The number of piperidine rings is 1. The third kappa shape index (κ3) is 4.48. The van der Waals surface area contributed by atoms with Crippen LogP contribution in [0.4, 0.5) is 0 Å². The van der Waals surface area contributed by atoms with Crippen molar-refractivity contribution in [3.05, 3.63) is 95.1 Å². The lowest BCUT2D eigenvalue weighted by molar-refractivity contribution is 0.0541. The average Bonchev–Trinajstić information content (AvgIpc) is 3.68. The second-order valence-corrected chi connectivity index (χ2v) is 10.5. The van der Waals surface area contributed by atoms with E-state index in [1.807, 2.05) is 54.6 Å². The highest BCUT2D eigenvalue weighted by Crippen LogP contribution is 2.55. The zero-order valence-electron chi connectivity index (χ0n) is 20.7. The Labute approximate surface area is 213 Å². The fourth-order valence-corrected chi connectivity index (χ4v) is 6.03. The Morgan fingerprint density at radius 1 is 0.944 bits per heavy atom. The molecule has 1 atom stereocenters. The number of phenols is 1. The predicted molar refractivity (Wildman–Crippen MR) is 140 cm³/mol. The summed E-state index contributed by atoms with van der Waals surface area (Å²) in [5, 5.41) is 10.2. The first-order valence-corrected chi connectivity index (χ1v) is 13.3. The number of rotatable bonds is 6. The molecule has 36 heavy (non-hydrogen) atoms. The number of phenolic OH excluding ortho intramolecular Hbond substituents is 1. The maximum Gasteiger partial charge on any atom is 0.255 e. The summed E-state index contributed by atoms with van der Waals surface area (Å²) in [6.45, 7) is 3.99. The molecule has 1 amide bonds. The van der Waals surface area contributed by atoms with Gasteiger partial charge in [0.1, 0.15) is 18.1 Å². The van der Waals surface area contributed by atoms with Crippen molar-refractivity contribution in [3.8, 4) is 11.5 Å². The summed E-state index contributed by atoms with van der Waals surface area (Å²) in [6, 6.07) is 23.3. The molecule has 3 aromatic rings. The van der Waals surface area contributed by atoms with Crippen LogP contribution in [-0.4, -0.2) is 52.6 Å². The van der Waals surface area contributed by atoms with Crippen molar-refractivity contribution in [2.45, 2.75) is 50.1 Å². The van der Waals surface area contributed by atoms with E-state index in [0.29, 0.717) is 12.2 Å². The van der Waals surface area contributed by atoms with Gasteiger partial charge in [0.05, 0.1) is 6.04 Å². The maximum atomic E-state index is 13.9. The molecule has 2 aliphatic heterocycles. The van der Waals surface area contributed by atoms with Crippen molar-refractivity contribution in [1.82, 2.24) is 9.80 Å². The summed E-state index contributed by atoms with van der Waals surface area (Å²) in [5.41, 5.74) is 3.82. The average molecular weight is 483 g/mol. The Morgan fingerprint density at radius 2 is 1.69 bits per heavy atom. The number of amides is 1. The van der Waals surface area contributed by atoms with Gasteiger partial charge >= 0.3 is 0 Å². The van der Waals surface area contributed by atoms with Gasteiger partial charge in [0.15, 0.2) is 0 Å². The summed E-state index contributed by atoms with van der Waals surface area (Å²) < 4.78 is 6.08. The molecule has 186 valence electrons.